The lowest BCUT2D eigenvalue weighted by atomic mass is 10.1. The first-order chi connectivity index (χ1) is 8.26. The molecule has 0 heterocycles. The van der Waals surface area contributed by atoms with Crippen molar-refractivity contribution in [1.29, 1.82) is 0 Å². The lowest BCUT2D eigenvalue weighted by Crippen LogP contribution is -2.40. The molecule has 0 saturated carbocycles. The Balaban J connectivity index is 3.30. The first kappa shape index (κ1) is 16.3. The average Bonchev–Trinajstić information content (AvgIpc) is 2.34. The molecule has 1 N–H and O–H groups in total. The van der Waals surface area contributed by atoms with Gasteiger partial charge in [0, 0.05) is 19.6 Å². The predicted molar refractivity (Wildman–Crippen MR) is 74.3 cm³/mol. The van der Waals surface area contributed by atoms with E-state index in [0.717, 1.165) is 26.1 Å². The fraction of sp³-hybridized carbons (Fsp3) is 0.929. The SMILES string of the molecule is CCCCCCCCCNC(=O)N(CC)CC. The number of carbonyl (C=O) groups excluding carboxylic acids is 1. The highest BCUT2D eigenvalue weighted by Gasteiger charge is 2.06. The minimum Gasteiger partial charge on any atom is -0.338 e. The minimum atomic E-state index is 0.0842. The lowest BCUT2D eigenvalue weighted by Gasteiger charge is -2.19. The number of rotatable bonds is 10. The first-order valence-electron chi connectivity index (χ1n) is 7.29. The van der Waals surface area contributed by atoms with Gasteiger partial charge in [-0.15, -0.1) is 0 Å². The Morgan fingerprint density at radius 1 is 0.882 bits per heavy atom. The third kappa shape index (κ3) is 9.02. The van der Waals surface area contributed by atoms with Crippen molar-refractivity contribution in [3.05, 3.63) is 0 Å². The van der Waals surface area contributed by atoms with Gasteiger partial charge in [0.1, 0.15) is 0 Å². The van der Waals surface area contributed by atoms with Crippen LogP contribution in [-0.4, -0.2) is 30.6 Å². The smallest absolute Gasteiger partial charge is 0.317 e. The van der Waals surface area contributed by atoms with E-state index in [-0.39, 0.29) is 6.03 Å². The lowest BCUT2D eigenvalue weighted by molar-refractivity contribution is 0.203. The fourth-order valence-electron chi connectivity index (χ4n) is 1.90. The second-order valence-electron chi connectivity index (χ2n) is 4.53. The van der Waals surface area contributed by atoms with Crippen molar-refractivity contribution < 1.29 is 4.79 Å². The monoisotopic (exact) mass is 242 g/mol. The number of carbonyl (C=O) groups is 1. The molecule has 0 atom stereocenters. The Labute approximate surface area is 107 Å². The first-order valence-corrected chi connectivity index (χ1v) is 7.29. The highest BCUT2D eigenvalue weighted by molar-refractivity contribution is 5.73. The topological polar surface area (TPSA) is 32.3 Å². The van der Waals surface area contributed by atoms with Crippen LogP contribution in [-0.2, 0) is 0 Å². The molecule has 3 heteroatoms. The number of nitrogens with one attached hydrogen (secondary N) is 1. The summed E-state index contributed by atoms with van der Waals surface area (Å²) < 4.78 is 0. The third-order valence-corrected chi connectivity index (χ3v) is 3.11. The zero-order chi connectivity index (χ0) is 12.9. The normalized spacial score (nSPS) is 10.3. The molecule has 0 bridgehead atoms. The highest BCUT2D eigenvalue weighted by Crippen LogP contribution is 2.06. The Bertz CT molecular complexity index is 179. The van der Waals surface area contributed by atoms with E-state index in [9.17, 15) is 4.79 Å². The molecule has 17 heavy (non-hydrogen) atoms. The number of hydrogen-bond acceptors (Lipinski definition) is 1. The van der Waals surface area contributed by atoms with E-state index in [1.54, 1.807) is 0 Å². The summed E-state index contributed by atoms with van der Waals surface area (Å²) in [5, 5.41) is 2.97. The van der Waals surface area contributed by atoms with Crippen LogP contribution < -0.4 is 5.32 Å². The number of nitrogens with zero attached hydrogens (tertiary/aromatic N) is 1. The molecule has 0 fully saturated rings. The van der Waals surface area contributed by atoms with E-state index in [2.05, 4.69) is 12.2 Å². The molecule has 3 nitrogen and oxygen atoms in total. The van der Waals surface area contributed by atoms with Gasteiger partial charge in [-0.05, 0) is 20.3 Å². The maximum Gasteiger partial charge on any atom is 0.317 e. The average molecular weight is 242 g/mol. The summed E-state index contributed by atoms with van der Waals surface area (Å²) in [6.07, 6.45) is 9.03. The van der Waals surface area contributed by atoms with Gasteiger partial charge >= 0.3 is 6.03 Å². The van der Waals surface area contributed by atoms with Gasteiger partial charge < -0.3 is 10.2 Å². The van der Waals surface area contributed by atoms with Crippen molar-refractivity contribution >= 4 is 6.03 Å². The van der Waals surface area contributed by atoms with E-state index in [1.807, 2.05) is 18.7 Å². The van der Waals surface area contributed by atoms with Crippen LogP contribution in [0.25, 0.3) is 0 Å². The van der Waals surface area contributed by atoms with E-state index >= 15 is 0 Å². The van der Waals surface area contributed by atoms with E-state index in [1.165, 1.54) is 38.5 Å². The minimum absolute atomic E-state index is 0.0842. The summed E-state index contributed by atoms with van der Waals surface area (Å²) >= 11 is 0. The number of unbranched alkanes of at least 4 members (excludes halogenated alkanes) is 6. The Hall–Kier alpha value is -0.730. The van der Waals surface area contributed by atoms with Gasteiger partial charge in [-0.25, -0.2) is 4.79 Å². The Morgan fingerprint density at radius 2 is 1.41 bits per heavy atom. The van der Waals surface area contributed by atoms with E-state index in [4.69, 9.17) is 0 Å². The summed E-state index contributed by atoms with van der Waals surface area (Å²) in [6.45, 7) is 8.66. The van der Waals surface area contributed by atoms with Crippen molar-refractivity contribution in [2.75, 3.05) is 19.6 Å². The quantitative estimate of drug-likeness (QED) is 0.581. The maximum absolute atomic E-state index is 11.6. The molecule has 0 unspecified atom stereocenters. The van der Waals surface area contributed by atoms with Crippen molar-refractivity contribution in [2.24, 2.45) is 0 Å². The van der Waals surface area contributed by atoms with Crippen LogP contribution in [0.5, 0.6) is 0 Å². The zero-order valence-electron chi connectivity index (χ0n) is 11.9. The molecular formula is C14H30N2O. The van der Waals surface area contributed by atoms with Gasteiger partial charge in [-0.3, -0.25) is 0 Å². The summed E-state index contributed by atoms with van der Waals surface area (Å²) in [7, 11) is 0. The predicted octanol–water partition coefficient (Wildman–Crippen LogP) is 3.79. The molecule has 102 valence electrons. The van der Waals surface area contributed by atoms with Crippen molar-refractivity contribution in [3.63, 3.8) is 0 Å². The second-order valence-corrected chi connectivity index (χ2v) is 4.53. The summed E-state index contributed by atoms with van der Waals surface area (Å²) in [5.74, 6) is 0. The molecule has 0 rings (SSSR count). The van der Waals surface area contributed by atoms with Gasteiger partial charge in [-0.2, -0.15) is 0 Å². The largest absolute Gasteiger partial charge is 0.338 e. The van der Waals surface area contributed by atoms with Gasteiger partial charge in [0.05, 0.1) is 0 Å². The maximum atomic E-state index is 11.6. The van der Waals surface area contributed by atoms with Crippen LogP contribution in [0.3, 0.4) is 0 Å². The molecule has 2 amide bonds. The van der Waals surface area contributed by atoms with E-state index < -0.39 is 0 Å². The third-order valence-electron chi connectivity index (χ3n) is 3.11. The van der Waals surface area contributed by atoms with E-state index in [0.29, 0.717) is 0 Å². The van der Waals surface area contributed by atoms with Gasteiger partial charge in [0.15, 0.2) is 0 Å². The Kier molecular flexibility index (Phi) is 11.2. The van der Waals surface area contributed by atoms with Gasteiger partial charge in [0.2, 0.25) is 0 Å². The van der Waals surface area contributed by atoms with Gasteiger partial charge in [-0.1, -0.05) is 45.4 Å². The molecule has 0 aromatic rings. The zero-order valence-corrected chi connectivity index (χ0v) is 11.9. The standard InChI is InChI=1S/C14H30N2O/c1-4-7-8-9-10-11-12-13-15-14(17)16(5-2)6-3/h4-13H2,1-3H3,(H,15,17). The fourth-order valence-corrected chi connectivity index (χ4v) is 1.90. The molecule has 0 aliphatic heterocycles. The van der Waals surface area contributed by atoms with Crippen molar-refractivity contribution in [3.8, 4) is 0 Å². The second kappa shape index (κ2) is 11.7. The van der Waals surface area contributed by atoms with Crippen LogP contribution in [0, 0.1) is 0 Å². The summed E-state index contributed by atoms with van der Waals surface area (Å²) in [5.41, 5.74) is 0. The molecule has 0 aliphatic rings. The van der Waals surface area contributed by atoms with Crippen LogP contribution in [0.1, 0.15) is 65.7 Å². The number of urea groups is 1. The molecule has 0 aliphatic carbocycles. The van der Waals surface area contributed by atoms with Crippen molar-refractivity contribution in [2.45, 2.75) is 65.7 Å². The van der Waals surface area contributed by atoms with Gasteiger partial charge in [0.25, 0.3) is 0 Å². The number of amides is 2. The Morgan fingerprint density at radius 3 is 1.94 bits per heavy atom. The number of hydrogen-bond donors (Lipinski definition) is 1. The molecule has 0 aromatic carbocycles. The summed E-state index contributed by atoms with van der Waals surface area (Å²) in [6, 6.07) is 0.0842. The molecule has 0 saturated heterocycles. The van der Waals surface area contributed by atoms with Crippen LogP contribution in [0.4, 0.5) is 4.79 Å². The molecule has 0 spiro atoms. The molecule has 0 aromatic heterocycles. The van der Waals surface area contributed by atoms with Crippen LogP contribution in [0.15, 0.2) is 0 Å². The highest BCUT2D eigenvalue weighted by atomic mass is 16.2. The van der Waals surface area contributed by atoms with Crippen LogP contribution in [0.2, 0.25) is 0 Å². The molecular weight excluding hydrogens is 212 g/mol. The van der Waals surface area contributed by atoms with Crippen LogP contribution >= 0.6 is 0 Å². The molecule has 0 radical (unpaired) electrons. The summed E-state index contributed by atoms with van der Waals surface area (Å²) in [4.78, 5) is 13.4. The van der Waals surface area contributed by atoms with Crippen molar-refractivity contribution in [1.82, 2.24) is 10.2 Å².